The molecule has 2 fully saturated rings. The van der Waals surface area contributed by atoms with Gasteiger partial charge in [-0.25, -0.2) is 9.48 Å². The van der Waals surface area contributed by atoms with E-state index < -0.39 is 17.7 Å². The van der Waals surface area contributed by atoms with Crippen LogP contribution in [0.15, 0.2) is 42.6 Å². The van der Waals surface area contributed by atoms with Crippen LogP contribution in [-0.2, 0) is 21.3 Å². The summed E-state index contributed by atoms with van der Waals surface area (Å²) in [6, 6.07) is 11.8. The van der Waals surface area contributed by atoms with Crippen LogP contribution < -0.4 is 10.1 Å². The monoisotopic (exact) mass is 558 g/mol. The van der Waals surface area contributed by atoms with E-state index in [4.69, 9.17) is 14.2 Å². The lowest BCUT2D eigenvalue weighted by molar-refractivity contribution is -0.137. The number of morpholine rings is 1. The second-order valence-electron chi connectivity index (χ2n) is 11.2. The maximum Gasteiger partial charge on any atom is 0.408 e. The SMILES string of the molecule is Cn1nc(C2CC2)cc1Oc1cc(C#N)ccc1-c1ccc(C(NC(=O)OC(C)(C)C)C(=O)N2CCOCC2)cn1. The fraction of sp³-hybridized carbons (Fsp3) is 0.433. The van der Waals surface area contributed by atoms with Gasteiger partial charge in [-0.2, -0.15) is 10.4 Å². The van der Waals surface area contributed by atoms with Crippen molar-refractivity contribution in [2.45, 2.75) is 51.2 Å². The molecule has 41 heavy (non-hydrogen) atoms. The lowest BCUT2D eigenvalue weighted by Gasteiger charge is -2.31. The Morgan fingerprint density at radius 3 is 2.54 bits per heavy atom. The number of nitriles is 1. The Kier molecular flexibility index (Phi) is 7.94. The van der Waals surface area contributed by atoms with Crippen LogP contribution in [0.1, 0.15) is 62.4 Å². The molecule has 1 aromatic carbocycles. The molecule has 1 saturated heterocycles. The Morgan fingerprint density at radius 1 is 1.15 bits per heavy atom. The molecule has 3 aromatic rings. The molecule has 1 saturated carbocycles. The van der Waals surface area contributed by atoms with Gasteiger partial charge in [0.1, 0.15) is 17.4 Å². The number of aryl methyl sites for hydroxylation is 1. The van der Waals surface area contributed by atoms with E-state index in [2.05, 4.69) is 21.5 Å². The summed E-state index contributed by atoms with van der Waals surface area (Å²) in [5.74, 6) is 1.24. The lowest BCUT2D eigenvalue weighted by atomic mass is 10.0. The van der Waals surface area contributed by atoms with Crippen LogP contribution in [0.2, 0.25) is 0 Å². The molecular weight excluding hydrogens is 524 g/mol. The molecule has 1 unspecified atom stereocenters. The number of benzene rings is 1. The number of aromatic nitrogens is 3. The average molecular weight is 559 g/mol. The average Bonchev–Trinajstić information content (AvgIpc) is 3.74. The molecule has 1 N–H and O–H groups in total. The van der Waals surface area contributed by atoms with Gasteiger partial charge < -0.3 is 24.4 Å². The molecule has 2 aliphatic rings. The first-order chi connectivity index (χ1) is 19.6. The molecule has 1 aliphatic carbocycles. The Balaban J connectivity index is 1.43. The van der Waals surface area contributed by atoms with Crippen LogP contribution in [0.5, 0.6) is 11.6 Å². The zero-order chi connectivity index (χ0) is 29.1. The third-order valence-electron chi connectivity index (χ3n) is 6.80. The molecule has 2 amide bonds. The zero-order valence-electron chi connectivity index (χ0n) is 23.7. The summed E-state index contributed by atoms with van der Waals surface area (Å²) in [6.07, 6.45) is 3.12. The summed E-state index contributed by atoms with van der Waals surface area (Å²) in [5.41, 5.74) is 2.47. The largest absolute Gasteiger partial charge is 0.444 e. The molecule has 214 valence electrons. The first-order valence-corrected chi connectivity index (χ1v) is 13.7. The van der Waals surface area contributed by atoms with Crippen LogP contribution in [0.4, 0.5) is 4.79 Å². The number of rotatable bonds is 7. The Morgan fingerprint density at radius 2 is 1.90 bits per heavy atom. The number of amides is 2. The number of hydrogen-bond acceptors (Lipinski definition) is 8. The van der Waals surface area contributed by atoms with E-state index in [-0.39, 0.29) is 5.91 Å². The first-order valence-electron chi connectivity index (χ1n) is 13.7. The number of alkyl carbamates (subject to hydrolysis) is 1. The second kappa shape index (κ2) is 11.6. The summed E-state index contributed by atoms with van der Waals surface area (Å²) in [5, 5.41) is 16.8. The second-order valence-corrected chi connectivity index (χ2v) is 11.2. The molecule has 2 aromatic heterocycles. The number of pyridine rings is 1. The molecule has 1 aliphatic heterocycles. The molecule has 1 atom stereocenters. The third-order valence-corrected chi connectivity index (χ3v) is 6.80. The summed E-state index contributed by atoms with van der Waals surface area (Å²) in [6.45, 7) is 7.01. The number of ether oxygens (including phenoxy) is 3. The summed E-state index contributed by atoms with van der Waals surface area (Å²) < 4.78 is 18.8. The summed E-state index contributed by atoms with van der Waals surface area (Å²) >= 11 is 0. The molecule has 3 heterocycles. The first kappa shape index (κ1) is 28.1. The smallest absolute Gasteiger partial charge is 0.408 e. The standard InChI is InChI=1S/C30H34N6O5/c1-30(2,3)41-29(38)33-27(28(37)36-11-13-39-14-12-36)21-8-10-23(32-18-21)22-9-5-19(17-31)15-25(22)40-26-16-24(20-6-7-20)34-35(26)4/h5,8-10,15-16,18,20,27H,6-7,11-14H2,1-4H3,(H,33,38). The highest BCUT2D eigenvalue weighted by Crippen LogP contribution is 2.41. The molecule has 0 bridgehead atoms. The number of nitrogens with zero attached hydrogens (tertiary/aromatic N) is 5. The van der Waals surface area contributed by atoms with Gasteiger partial charge in [-0.3, -0.25) is 9.78 Å². The normalized spacial score (nSPS) is 16.0. The minimum Gasteiger partial charge on any atom is -0.444 e. The van der Waals surface area contributed by atoms with Crippen LogP contribution in [0, 0.1) is 11.3 Å². The molecule has 5 rings (SSSR count). The van der Waals surface area contributed by atoms with Crippen molar-refractivity contribution in [1.29, 1.82) is 5.26 Å². The third kappa shape index (κ3) is 6.84. The molecule has 11 nitrogen and oxygen atoms in total. The van der Waals surface area contributed by atoms with Crippen molar-refractivity contribution in [3.05, 3.63) is 59.4 Å². The van der Waals surface area contributed by atoms with E-state index in [1.807, 2.05) is 13.1 Å². The predicted octanol–water partition coefficient (Wildman–Crippen LogP) is 4.45. The van der Waals surface area contributed by atoms with E-state index in [9.17, 15) is 14.9 Å². The minimum absolute atomic E-state index is 0.265. The van der Waals surface area contributed by atoms with Crippen LogP contribution >= 0.6 is 0 Å². The number of nitrogens with one attached hydrogen (secondary N) is 1. The number of carbonyl (C=O) groups is 2. The highest BCUT2D eigenvalue weighted by molar-refractivity contribution is 5.87. The van der Waals surface area contributed by atoms with E-state index in [0.717, 1.165) is 18.5 Å². The van der Waals surface area contributed by atoms with Crippen LogP contribution in [0.25, 0.3) is 11.3 Å². The quantitative estimate of drug-likeness (QED) is 0.450. The van der Waals surface area contributed by atoms with E-state index in [0.29, 0.717) is 66.2 Å². The Labute approximate surface area is 239 Å². The molecular formula is C30H34N6O5. The van der Waals surface area contributed by atoms with Crippen molar-refractivity contribution < 1.29 is 23.8 Å². The molecule has 0 radical (unpaired) electrons. The summed E-state index contributed by atoms with van der Waals surface area (Å²) in [7, 11) is 1.82. The summed E-state index contributed by atoms with van der Waals surface area (Å²) in [4.78, 5) is 32.4. The fourth-order valence-corrected chi connectivity index (χ4v) is 4.56. The van der Waals surface area contributed by atoms with Gasteiger partial charge in [0.2, 0.25) is 11.8 Å². The van der Waals surface area contributed by atoms with Gasteiger partial charge in [0.25, 0.3) is 0 Å². The van der Waals surface area contributed by atoms with Crippen molar-refractivity contribution in [3.8, 4) is 29.0 Å². The van der Waals surface area contributed by atoms with E-state index >= 15 is 0 Å². The highest BCUT2D eigenvalue weighted by atomic mass is 16.6. The predicted molar refractivity (Wildman–Crippen MR) is 149 cm³/mol. The van der Waals surface area contributed by atoms with Gasteiger partial charge in [0, 0.05) is 49.4 Å². The fourth-order valence-electron chi connectivity index (χ4n) is 4.56. The molecule has 11 heteroatoms. The van der Waals surface area contributed by atoms with Crippen LogP contribution in [0.3, 0.4) is 0 Å². The van der Waals surface area contributed by atoms with Crippen molar-refractivity contribution in [1.82, 2.24) is 25.0 Å². The van der Waals surface area contributed by atoms with Crippen molar-refractivity contribution >= 4 is 12.0 Å². The maximum atomic E-state index is 13.5. The van der Waals surface area contributed by atoms with Crippen molar-refractivity contribution in [2.75, 3.05) is 26.3 Å². The van der Waals surface area contributed by atoms with E-state index in [1.54, 1.807) is 66.9 Å². The maximum absolute atomic E-state index is 13.5. The van der Waals surface area contributed by atoms with Crippen molar-refractivity contribution in [2.24, 2.45) is 7.05 Å². The Bertz CT molecular complexity index is 1460. The van der Waals surface area contributed by atoms with Gasteiger partial charge in [-0.05, 0) is 57.9 Å². The van der Waals surface area contributed by atoms with Gasteiger partial charge in [0.15, 0.2) is 0 Å². The van der Waals surface area contributed by atoms with Crippen LogP contribution in [-0.4, -0.2) is 63.6 Å². The number of hydrogen-bond donors (Lipinski definition) is 1. The lowest BCUT2D eigenvalue weighted by Crippen LogP contribution is -2.48. The zero-order valence-corrected chi connectivity index (χ0v) is 23.7. The van der Waals surface area contributed by atoms with Gasteiger partial charge in [-0.15, -0.1) is 0 Å². The highest BCUT2D eigenvalue weighted by Gasteiger charge is 2.31. The Hall–Kier alpha value is -4.43. The van der Waals surface area contributed by atoms with E-state index in [1.165, 1.54) is 0 Å². The topological polar surface area (TPSA) is 132 Å². The van der Waals surface area contributed by atoms with Gasteiger partial charge in [0.05, 0.1) is 36.2 Å². The van der Waals surface area contributed by atoms with Crippen molar-refractivity contribution in [3.63, 3.8) is 0 Å². The number of carbonyl (C=O) groups excluding carboxylic acids is 2. The molecule has 0 spiro atoms. The van der Waals surface area contributed by atoms with Gasteiger partial charge >= 0.3 is 6.09 Å². The van der Waals surface area contributed by atoms with Gasteiger partial charge in [-0.1, -0.05) is 6.07 Å². The minimum atomic E-state index is -0.989.